The molecule has 1 heterocycles. The molecule has 0 bridgehead atoms. The van der Waals surface area contributed by atoms with Gasteiger partial charge in [0, 0.05) is 22.6 Å². The van der Waals surface area contributed by atoms with Gasteiger partial charge in [0.1, 0.15) is 5.75 Å². The van der Waals surface area contributed by atoms with Gasteiger partial charge in [-0.3, -0.25) is 0 Å². The lowest BCUT2D eigenvalue weighted by molar-refractivity contribution is -0.187. The van der Waals surface area contributed by atoms with Crippen molar-refractivity contribution in [1.29, 1.82) is 0 Å². The van der Waals surface area contributed by atoms with Crippen LogP contribution in [0.1, 0.15) is 18.1 Å². The third-order valence-electron chi connectivity index (χ3n) is 2.99. The van der Waals surface area contributed by atoms with E-state index in [0.29, 0.717) is 5.56 Å². The highest BCUT2D eigenvalue weighted by atomic mass is 35.5. The molecule has 116 valence electrons. The SMILES string of the molecule is CC#CCc1cc(Cl)cc2c1O[C@@H](C(F)(F)F)C(C(=O)O)=C2. The Labute approximate surface area is 129 Å². The molecule has 1 atom stereocenters. The smallest absolute Gasteiger partial charge is 0.430 e. The summed E-state index contributed by atoms with van der Waals surface area (Å²) in [5.41, 5.74) is -0.306. The molecule has 0 saturated heterocycles. The summed E-state index contributed by atoms with van der Waals surface area (Å²) in [7, 11) is 0. The standard InChI is InChI=1S/C15H10ClF3O3/c1-2-3-4-8-5-10(16)6-9-7-11(14(20)21)13(15(17,18)19)22-12(8)9/h5-7,13H,4H2,1H3,(H,20,21)/t13-/m1/s1. The Balaban J connectivity index is 2.61. The Kier molecular flexibility index (Phi) is 4.38. The first-order valence-electron chi connectivity index (χ1n) is 6.14. The van der Waals surface area contributed by atoms with Gasteiger partial charge in [0.15, 0.2) is 0 Å². The molecule has 0 saturated carbocycles. The Morgan fingerprint density at radius 1 is 1.45 bits per heavy atom. The number of hydrogen-bond acceptors (Lipinski definition) is 2. The van der Waals surface area contributed by atoms with Crippen LogP contribution >= 0.6 is 11.6 Å². The Morgan fingerprint density at radius 3 is 2.68 bits per heavy atom. The summed E-state index contributed by atoms with van der Waals surface area (Å²) in [5.74, 6) is 3.62. The third kappa shape index (κ3) is 3.20. The van der Waals surface area contributed by atoms with Crippen LogP contribution in [0.4, 0.5) is 13.2 Å². The molecule has 1 aliphatic rings. The maximum Gasteiger partial charge on any atom is 0.430 e. The zero-order chi connectivity index (χ0) is 16.5. The minimum atomic E-state index is -4.84. The molecule has 0 amide bonds. The second kappa shape index (κ2) is 5.93. The highest BCUT2D eigenvalue weighted by molar-refractivity contribution is 6.30. The summed E-state index contributed by atoms with van der Waals surface area (Å²) in [6.07, 6.45) is -6.27. The van der Waals surface area contributed by atoms with Crippen molar-refractivity contribution in [1.82, 2.24) is 0 Å². The molecule has 2 rings (SSSR count). The summed E-state index contributed by atoms with van der Waals surface area (Å²) in [6.45, 7) is 1.60. The zero-order valence-corrected chi connectivity index (χ0v) is 12.0. The molecule has 3 nitrogen and oxygen atoms in total. The molecule has 0 fully saturated rings. The van der Waals surface area contributed by atoms with Gasteiger partial charge >= 0.3 is 12.1 Å². The Bertz CT molecular complexity index is 711. The maximum atomic E-state index is 13.0. The quantitative estimate of drug-likeness (QED) is 0.841. The molecule has 1 aliphatic heterocycles. The van der Waals surface area contributed by atoms with Gasteiger partial charge in [-0.05, 0) is 25.1 Å². The third-order valence-corrected chi connectivity index (χ3v) is 3.21. The van der Waals surface area contributed by atoms with Gasteiger partial charge in [0.05, 0.1) is 5.57 Å². The predicted molar refractivity (Wildman–Crippen MR) is 74.7 cm³/mol. The maximum absolute atomic E-state index is 13.0. The van der Waals surface area contributed by atoms with E-state index in [1.165, 1.54) is 12.1 Å². The van der Waals surface area contributed by atoms with E-state index in [-0.39, 0.29) is 22.8 Å². The highest BCUT2D eigenvalue weighted by Crippen LogP contribution is 2.40. The highest BCUT2D eigenvalue weighted by Gasteiger charge is 2.48. The first-order chi connectivity index (χ1) is 10.2. The first kappa shape index (κ1) is 16.2. The second-order valence-corrected chi connectivity index (χ2v) is 4.97. The molecule has 1 aromatic carbocycles. The van der Waals surface area contributed by atoms with Crippen molar-refractivity contribution in [3.8, 4) is 17.6 Å². The van der Waals surface area contributed by atoms with Crippen LogP contribution in [0.3, 0.4) is 0 Å². The molecule has 0 aromatic heterocycles. The normalized spacial score (nSPS) is 16.8. The summed E-state index contributed by atoms with van der Waals surface area (Å²) < 4.78 is 44.0. The average molecular weight is 331 g/mol. The van der Waals surface area contributed by atoms with Gasteiger partial charge in [-0.25, -0.2) is 4.79 Å². The lowest BCUT2D eigenvalue weighted by atomic mass is 9.98. The minimum absolute atomic E-state index is 0.0422. The largest absolute Gasteiger partial charge is 0.478 e. The second-order valence-electron chi connectivity index (χ2n) is 4.53. The number of ether oxygens (including phenoxy) is 1. The topological polar surface area (TPSA) is 46.5 Å². The minimum Gasteiger partial charge on any atom is -0.478 e. The van der Waals surface area contributed by atoms with Crippen molar-refractivity contribution in [3.05, 3.63) is 33.9 Å². The van der Waals surface area contributed by atoms with Crippen LogP contribution < -0.4 is 4.74 Å². The van der Waals surface area contributed by atoms with Gasteiger partial charge in [-0.1, -0.05) is 17.5 Å². The molecule has 1 aromatic rings. The summed E-state index contributed by atoms with van der Waals surface area (Å²) in [6, 6.07) is 2.81. The fraction of sp³-hybridized carbons (Fsp3) is 0.267. The van der Waals surface area contributed by atoms with Crippen LogP contribution in [-0.2, 0) is 11.2 Å². The number of halogens is 4. The number of hydrogen-bond donors (Lipinski definition) is 1. The molecule has 1 N–H and O–H groups in total. The van der Waals surface area contributed by atoms with Crippen molar-refractivity contribution in [3.63, 3.8) is 0 Å². The lowest BCUT2D eigenvalue weighted by Crippen LogP contribution is -2.40. The van der Waals surface area contributed by atoms with Gasteiger partial charge < -0.3 is 9.84 Å². The van der Waals surface area contributed by atoms with E-state index < -0.39 is 23.8 Å². The number of carbonyl (C=O) groups is 1. The van der Waals surface area contributed by atoms with E-state index in [1.807, 2.05) is 0 Å². The molecule has 0 spiro atoms. The van der Waals surface area contributed by atoms with Crippen molar-refractivity contribution >= 4 is 23.6 Å². The van der Waals surface area contributed by atoms with Crippen molar-refractivity contribution in [2.45, 2.75) is 25.6 Å². The summed E-state index contributed by atoms with van der Waals surface area (Å²) in [4.78, 5) is 11.1. The number of fused-ring (bicyclic) bond motifs is 1. The number of rotatable bonds is 2. The molecular formula is C15H10ClF3O3. The monoisotopic (exact) mass is 330 g/mol. The average Bonchev–Trinajstić information content (AvgIpc) is 2.42. The molecule has 0 unspecified atom stereocenters. The van der Waals surface area contributed by atoms with Crippen LogP contribution in [0.15, 0.2) is 17.7 Å². The first-order valence-corrected chi connectivity index (χ1v) is 6.52. The van der Waals surface area contributed by atoms with Gasteiger partial charge in [0.2, 0.25) is 6.10 Å². The molecule has 0 aliphatic carbocycles. The van der Waals surface area contributed by atoms with E-state index in [4.69, 9.17) is 21.4 Å². The number of carboxylic acids is 1. The summed E-state index contributed by atoms with van der Waals surface area (Å²) >= 11 is 5.91. The van der Waals surface area contributed by atoms with Gasteiger partial charge in [0.25, 0.3) is 0 Å². The zero-order valence-electron chi connectivity index (χ0n) is 11.3. The Hall–Kier alpha value is -2.13. The van der Waals surface area contributed by atoms with Crippen LogP contribution in [0.2, 0.25) is 5.02 Å². The number of aliphatic carboxylic acids is 1. The molecule has 0 radical (unpaired) electrons. The predicted octanol–water partition coefficient (Wildman–Crippen LogP) is 3.70. The van der Waals surface area contributed by atoms with Gasteiger partial charge in [-0.15, -0.1) is 5.92 Å². The van der Waals surface area contributed by atoms with E-state index >= 15 is 0 Å². The molecule has 22 heavy (non-hydrogen) atoms. The fourth-order valence-corrected chi connectivity index (χ4v) is 2.33. The Morgan fingerprint density at radius 2 is 2.14 bits per heavy atom. The summed E-state index contributed by atoms with van der Waals surface area (Å²) in [5, 5.41) is 9.24. The van der Waals surface area contributed by atoms with Crippen LogP contribution in [0.25, 0.3) is 6.08 Å². The van der Waals surface area contributed by atoms with E-state index in [9.17, 15) is 18.0 Å². The number of carboxylic acid groups (broad SMARTS) is 1. The van der Waals surface area contributed by atoms with Crippen LogP contribution in [-0.4, -0.2) is 23.4 Å². The van der Waals surface area contributed by atoms with E-state index in [0.717, 1.165) is 6.08 Å². The van der Waals surface area contributed by atoms with Gasteiger partial charge in [-0.2, -0.15) is 13.2 Å². The van der Waals surface area contributed by atoms with Crippen LogP contribution in [0, 0.1) is 11.8 Å². The van der Waals surface area contributed by atoms with Crippen molar-refractivity contribution in [2.24, 2.45) is 0 Å². The number of alkyl halides is 3. The lowest BCUT2D eigenvalue weighted by Gasteiger charge is -2.28. The molecule has 7 heteroatoms. The molecular weight excluding hydrogens is 321 g/mol. The van der Waals surface area contributed by atoms with Crippen molar-refractivity contribution < 1.29 is 27.8 Å². The van der Waals surface area contributed by atoms with E-state index in [2.05, 4.69) is 11.8 Å². The van der Waals surface area contributed by atoms with Crippen LogP contribution in [0.5, 0.6) is 5.75 Å². The fourth-order valence-electron chi connectivity index (χ4n) is 2.08. The number of benzene rings is 1. The van der Waals surface area contributed by atoms with Crippen molar-refractivity contribution in [2.75, 3.05) is 0 Å². The van der Waals surface area contributed by atoms with E-state index in [1.54, 1.807) is 6.92 Å².